The molecule has 0 amide bonds. The average molecular weight is 355 g/mol. The second-order valence-electron chi connectivity index (χ2n) is 4.20. The summed E-state index contributed by atoms with van der Waals surface area (Å²) in [5.41, 5.74) is 2.12. The lowest BCUT2D eigenvalue weighted by molar-refractivity contribution is -0.136. The highest BCUT2D eigenvalue weighted by molar-refractivity contribution is 9.10. The Balaban J connectivity index is 2.09. The number of aromatic nitrogens is 2. The summed E-state index contributed by atoms with van der Waals surface area (Å²) in [7, 11) is 0. The smallest absolute Gasteiger partial charge is 0.309 e. The van der Waals surface area contributed by atoms with Crippen molar-refractivity contribution in [1.82, 2.24) is 9.38 Å². The van der Waals surface area contributed by atoms with Gasteiger partial charge < -0.3 is 5.11 Å². The summed E-state index contributed by atoms with van der Waals surface area (Å²) in [5.74, 6) is -1.21. The molecule has 2 aromatic heterocycles. The van der Waals surface area contributed by atoms with E-state index in [0.717, 1.165) is 5.56 Å². The lowest BCUT2D eigenvalue weighted by atomic mass is 10.2. The van der Waals surface area contributed by atoms with Crippen molar-refractivity contribution in [2.24, 2.45) is 0 Å². The molecule has 1 aromatic carbocycles. The largest absolute Gasteiger partial charge is 0.481 e. The molecule has 0 fully saturated rings. The Hall–Kier alpha value is -1.73. The van der Waals surface area contributed by atoms with Crippen molar-refractivity contribution < 1.29 is 14.3 Å². The van der Waals surface area contributed by atoms with Crippen molar-refractivity contribution in [3.63, 3.8) is 0 Å². The van der Waals surface area contributed by atoms with Crippen LogP contribution >= 0.6 is 27.3 Å². The van der Waals surface area contributed by atoms with E-state index in [2.05, 4.69) is 20.9 Å². The number of benzene rings is 1. The molecule has 3 aromatic rings. The van der Waals surface area contributed by atoms with Gasteiger partial charge in [-0.25, -0.2) is 9.37 Å². The van der Waals surface area contributed by atoms with Crippen molar-refractivity contribution in [3.05, 3.63) is 45.8 Å². The molecule has 0 aliphatic heterocycles. The molecule has 7 heteroatoms. The van der Waals surface area contributed by atoms with E-state index in [4.69, 9.17) is 5.11 Å². The predicted molar refractivity (Wildman–Crippen MR) is 77.5 cm³/mol. The van der Waals surface area contributed by atoms with Crippen LogP contribution in [0.1, 0.15) is 5.69 Å². The van der Waals surface area contributed by atoms with E-state index >= 15 is 0 Å². The number of carboxylic acids is 1. The Labute approximate surface area is 125 Å². The first-order valence-corrected chi connectivity index (χ1v) is 7.34. The van der Waals surface area contributed by atoms with E-state index in [-0.39, 0.29) is 12.2 Å². The Morgan fingerprint density at radius 3 is 3.00 bits per heavy atom. The zero-order valence-electron chi connectivity index (χ0n) is 10.0. The number of hydrogen-bond acceptors (Lipinski definition) is 3. The van der Waals surface area contributed by atoms with Gasteiger partial charge in [-0.3, -0.25) is 9.20 Å². The minimum atomic E-state index is -0.886. The van der Waals surface area contributed by atoms with E-state index in [0.29, 0.717) is 20.8 Å². The lowest BCUT2D eigenvalue weighted by Crippen LogP contribution is -2.02. The van der Waals surface area contributed by atoms with Crippen LogP contribution in [-0.2, 0) is 11.2 Å². The molecule has 2 heterocycles. The van der Waals surface area contributed by atoms with Crippen molar-refractivity contribution in [2.75, 3.05) is 0 Å². The molecule has 0 radical (unpaired) electrons. The normalized spacial score (nSPS) is 11.1. The van der Waals surface area contributed by atoms with E-state index in [9.17, 15) is 9.18 Å². The SMILES string of the molecule is O=C(O)Cc1csc2nc(-c3ccc(F)cc3Br)cn12. The summed E-state index contributed by atoms with van der Waals surface area (Å²) in [5, 5.41) is 10.6. The van der Waals surface area contributed by atoms with E-state index in [1.54, 1.807) is 22.0 Å². The van der Waals surface area contributed by atoms with Crippen LogP contribution < -0.4 is 0 Å². The quantitative estimate of drug-likeness (QED) is 0.781. The molecular weight excluding hydrogens is 347 g/mol. The predicted octanol–water partition coefficient (Wildman–Crippen LogP) is 3.59. The lowest BCUT2D eigenvalue weighted by Gasteiger charge is -2.00. The first-order valence-electron chi connectivity index (χ1n) is 5.67. The second kappa shape index (κ2) is 4.99. The minimum absolute atomic E-state index is 0.0552. The summed E-state index contributed by atoms with van der Waals surface area (Å²) in [6.07, 6.45) is 1.71. The third-order valence-electron chi connectivity index (χ3n) is 2.82. The molecule has 0 saturated heterocycles. The highest BCUT2D eigenvalue weighted by Gasteiger charge is 2.13. The summed E-state index contributed by atoms with van der Waals surface area (Å²) >= 11 is 4.69. The zero-order valence-corrected chi connectivity index (χ0v) is 12.4. The van der Waals surface area contributed by atoms with Gasteiger partial charge in [0.25, 0.3) is 0 Å². The van der Waals surface area contributed by atoms with E-state index in [1.807, 2.05) is 0 Å². The number of imidazole rings is 1. The highest BCUT2D eigenvalue weighted by Crippen LogP contribution is 2.30. The summed E-state index contributed by atoms with van der Waals surface area (Å²) in [6.45, 7) is 0. The average Bonchev–Trinajstić information content (AvgIpc) is 2.91. The maximum atomic E-state index is 13.1. The number of aliphatic carboxylic acids is 1. The zero-order chi connectivity index (χ0) is 14.3. The molecule has 1 N–H and O–H groups in total. The van der Waals surface area contributed by atoms with Gasteiger partial charge in [0.15, 0.2) is 4.96 Å². The van der Waals surface area contributed by atoms with Crippen LogP contribution in [-0.4, -0.2) is 20.5 Å². The van der Waals surface area contributed by atoms with Crippen LogP contribution in [0.5, 0.6) is 0 Å². The van der Waals surface area contributed by atoms with Crippen LogP contribution in [0.15, 0.2) is 34.2 Å². The van der Waals surface area contributed by atoms with Gasteiger partial charge in [0.2, 0.25) is 0 Å². The molecule has 0 bridgehead atoms. The van der Waals surface area contributed by atoms with Gasteiger partial charge in [0.05, 0.1) is 12.1 Å². The van der Waals surface area contributed by atoms with Crippen LogP contribution in [0.3, 0.4) is 0 Å². The molecule has 3 rings (SSSR count). The third kappa shape index (κ3) is 2.34. The van der Waals surface area contributed by atoms with Crippen molar-refractivity contribution in [1.29, 1.82) is 0 Å². The second-order valence-corrected chi connectivity index (χ2v) is 5.89. The van der Waals surface area contributed by atoms with Crippen LogP contribution in [0.2, 0.25) is 0 Å². The monoisotopic (exact) mass is 354 g/mol. The van der Waals surface area contributed by atoms with Gasteiger partial charge in [-0.15, -0.1) is 11.3 Å². The number of carboxylic acid groups (broad SMARTS) is 1. The summed E-state index contributed by atoms with van der Waals surface area (Å²) in [4.78, 5) is 16.0. The molecule has 0 atom stereocenters. The Morgan fingerprint density at radius 2 is 2.30 bits per heavy atom. The van der Waals surface area contributed by atoms with Crippen LogP contribution in [0.4, 0.5) is 4.39 Å². The standard InChI is InChI=1S/C13H8BrFN2O2S/c14-10-3-7(15)1-2-9(10)11-5-17-8(4-12(18)19)6-20-13(17)16-11/h1-3,5-6H,4H2,(H,18,19). The number of rotatable bonds is 3. The van der Waals surface area contributed by atoms with Crippen LogP contribution in [0, 0.1) is 5.82 Å². The van der Waals surface area contributed by atoms with Crippen molar-refractivity contribution in [3.8, 4) is 11.3 Å². The Bertz CT molecular complexity index is 812. The molecule has 4 nitrogen and oxygen atoms in total. The molecule has 0 spiro atoms. The summed E-state index contributed by atoms with van der Waals surface area (Å²) < 4.78 is 15.5. The fourth-order valence-electron chi connectivity index (χ4n) is 1.94. The first-order chi connectivity index (χ1) is 9.54. The van der Waals surface area contributed by atoms with Gasteiger partial charge in [-0.05, 0) is 34.1 Å². The fourth-order valence-corrected chi connectivity index (χ4v) is 3.37. The minimum Gasteiger partial charge on any atom is -0.481 e. The molecule has 0 unspecified atom stereocenters. The number of hydrogen-bond donors (Lipinski definition) is 1. The Morgan fingerprint density at radius 1 is 1.50 bits per heavy atom. The number of thiazole rings is 1. The molecule has 0 aliphatic carbocycles. The van der Waals surface area contributed by atoms with Gasteiger partial charge in [-0.2, -0.15) is 0 Å². The molecular formula is C13H8BrFN2O2S. The fraction of sp³-hybridized carbons (Fsp3) is 0.0769. The van der Waals surface area contributed by atoms with Gasteiger partial charge in [-0.1, -0.05) is 0 Å². The van der Waals surface area contributed by atoms with E-state index in [1.165, 1.54) is 23.5 Å². The maximum absolute atomic E-state index is 13.1. The Kier molecular flexibility index (Phi) is 3.31. The molecule has 102 valence electrons. The number of carbonyl (C=O) groups is 1. The number of halogens is 2. The topological polar surface area (TPSA) is 54.6 Å². The first kappa shape index (κ1) is 13.3. The highest BCUT2D eigenvalue weighted by atomic mass is 79.9. The number of fused-ring (bicyclic) bond motifs is 1. The van der Waals surface area contributed by atoms with Gasteiger partial charge in [0, 0.05) is 27.3 Å². The summed E-state index contributed by atoms with van der Waals surface area (Å²) in [6, 6.07) is 4.38. The number of nitrogens with zero attached hydrogens (tertiary/aromatic N) is 2. The van der Waals surface area contributed by atoms with Crippen LogP contribution in [0.25, 0.3) is 16.2 Å². The molecule has 0 saturated carbocycles. The van der Waals surface area contributed by atoms with Gasteiger partial charge in [0.1, 0.15) is 5.82 Å². The van der Waals surface area contributed by atoms with Crippen molar-refractivity contribution >= 4 is 38.2 Å². The molecule has 20 heavy (non-hydrogen) atoms. The molecule has 0 aliphatic rings. The third-order valence-corrected chi connectivity index (χ3v) is 4.37. The van der Waals surface area contributed by atoms with E-state index < -0.39 is 5.97 Å². The maximum Gasteiger partial charge on any atom is 0.309 e. The van der Waals surface area contributed by atoms with Crippen molar-refractivity contribution in [2.45, 2.75) is 6.42 Å². The van der Waals surface area contributed by atoms with Gasteiger partial charge >= 0.3 is 5.97 Å².